The molecule has 0 aromatic rings. The molecule has 27 heavy (non-hydrogen) atoms. The topological polar surface area (TPSA) is 66.8 Å². The van der Waals surface area contributed by atoms with Gasteiger partial charge in [0.25, 0.3) is 0 Å². The molecule has 0 heterocycles. The Morgan fingerprint density at radius 2 is 1.30 bits per heavy atom. The predicted octanol–water partition coefficient (Wildman–Crippen LogP) is 5.25. The molecule has 0 aliphatic rings. The summed E-state index contributed by atoms with van der Waals surface area (Å²) in [4.78, 5) is 11.3. The van der Waals surface area contributed by atoms with Gasteiger partial charge in [-0.3, -0.25) is 0 Å². The molecule has 0 saturated heterocycles. The van der Waals surface area contributed by atoms with Gasteiger partial charge in [0.1, 0.15) is 6.10 Å². The highest BCUT2D eigenvalue weighted by Crippen LogP contribution is 2.12. The zero-order valence-corrected chi connectivity index (χ0v) is 17.2. The van der Waals surface area contributed by atoms with Gasteiger partial charge < -0.3 is 14.9 Å². The molecule has 0 fully saturated rings. The van der Waals surface area contributed by atoms with Crippen LogP contribution in [0.25, 0.3) is 0 Å². The first kappa shape index (κ1) is 25.6. The first-order valence-corrected chi connectivity index (χ1v) is 10.7. The molecule has 0 aromatic heterocycles. The Morgan fingerprint density at radius 3 is 1.85 bits per heavy atom. The first-order chi connectivity index (χ1) is 13.2. The second-order valence-corrected chi connectivity index (χ2v) is 6.92. The zero-order valence-electron chi connectivity index (χ0n) is 17.2. The van der Waals surface area contributed by atoms with Gasteiger partial charge in [-0.25, -0.2) is 4.79 Å². The number of aliphatic hydroxyl groups excluding tert-OH is 2. The molecule has 0 spiro atoms. The van der Waals surface area contributed by atoms with E-state index in [0.717, 1.165) is 6.42 Å². The fraction of sp³-hybridized carbons (Fsp3) is 0.696. The molecule has 4 heteroatoms. The van der Waals surface area contributed by atoms with Crippen molar-refractivity contribution in [2.75, 3.05) is 13.2 Å². The Morgan fingerprint density at radius 1 is 0.778 bits per heavy atom. The highest BCUT2D eigenvalue weighted by atomic mass is 16.6. The lowest BCUT2D eigenvalue weighted by Crippen LogP contribution is -2.24. The largest absolute Gasteiger partial charge is 0.454 e. The number of rotatable bonds is 18. The van der Waals surface area contributed by atoms with Gasteiger partial charge in [-0.15, -0.1) is 0 Å². The molecule has 0 atom stereocenters. The Hall–Kier alpha value is -1.39. The van der Waals surface area contributed by atoms with Crippen LogP contribution in [0.1, 0.15) is 84.0 Å². The van der Waals surface area contributed by atoms with E-state index in [1.54, 1.807) is 12.2 Å². The molecule has 0 saturated carbocycles. The predicted molar refractivity (Wildman–Crippen MR) is 113 cm³/mol. The van der Waals surface area contributed by atoms with Crippen LogP contribution in [-0.4, -0.2) is 35.5 Å². The van der Waals surface area contributed by atoms with Crippen LogP contribution in [0.3, 0.4) is 0 Å². The number of carbonyl (C=O) groups excluding carboxylic acids is 1. The molecule has 0 rings (SSSR count). The maximum Gasteiger partial charge on any atom is 0.331 e. The summed E-state index contributed by atoms with van der Waals surface area (Å²) in [6.45, 7) is 1.50. The molecular formula is C23H40O4. The minimum absolute atomic E-state index is 0.381. The van der Waals surface area contributed by atoms with Crippen LogP contribution in [0.4, 0.5) is 0 Å². The van der Waals surface area contributed by atoms with E-state index in [4.69, 9.17) is 14.9 Å². The molecule has 0 aromatic carbocycles. The Kier molecular flexibility index (Phi) is 19.8. The van der Waals surface area contributed by atoms with Crippen molar-refractivity contribution in [2.45, 2.75) is 90.1 Å². The molecule has 0 unspecified atom stereocenters. The SMILES string of the molecule is CCCCCCCCCCCCC/C=C/C=C/C=C/C(=O)OC(CO)CO. The smallest absolute Gasteiger partial charge is 0.331 e. The van der Waals surface area contributed by atoms with E-state index in [0.29, 0.717) is 0 Å². The lowest BCUT2D eigenvalue weighted by Gasteiger charge is -2.09. The molecule has 2 N–H and O–H groups in total. The molecule has 4 nitrogen and oxygen atoms in total. The van der Waals surface area contributed by atoms with Gasteiger partial charge in [-0.1, -0.05) is 102 Å². The van der Waals surface area contributed by atoms with Crippen LogP contribution in [-0.2, 0) is 9.53 Å². The van der Waals surface area contributed by atoms with Gasteiger partial charge in [-0.05, 0) is 12.8 Å². The fourth-order valence-electron chi connectivity index (χ4n) is 2.70. The van der Waals surface area contributed by atoms with Gasteiger partial charge in [0.2, 0.25) is 0 Å². The van der Waals surface area contributed by atoms with E-state index in [1.807, 2.05) is 12.2 Å². The second kappa shape index (κ2) is 20.9. The number of esters is 1. The molecular weight excluding hydrogens is 340 g/mol. The van der Waals surface area contributed by atoms with Crippen molar-refractivity contribution >= 4 is 5.97 Å². The normalized spacial score (nSPS) is 12.1. The quantitative estimate of drug-likeness (QED) is 0.147. The fourth-order valence-corrected chi connectivity index (χ4v) is 2.70. The van der Waals surface area contributed by atoms with Crippen LogP contribution in [0, 0.1) is 0 Å². The lowest BCUT2D eigenvalue weighted by atomic mass is 10.1. The molecule has 0 aliphatic carbocycles. The average molecular weight is 381 g/mol. The average Bonchev–Trinajstić information content (AvgIpc) is 2.68. The number of carbonyl (C=O) groups is 1. The lowest BCUT2D eigenvalue weighted by molar-refractivity contribution is -0.147. The van der Waals surface area contributed by atoms with Crippen molar-refractivity contribution < 1.29 is 19.7 Å². The Bertz CT molecular complexity index is 409. The number of aliphatic hydroxyl groups is 2. The molecule has 0 radical (unpaired) electrons. The molecule has 156 valence electrons. The van der Waals surface area contributed by atoms with E-state index >= 15 is 0 Å². The highest BCUT2D eigenvalue weighted by molar-refractivity contribution is 5.82. The summed E-state index contributed by atoms with van der Waals surface area (Å²) in [5.41, 5.74) is 0. The van der Waals surface area contributed by atoms with Crippen LogP contribution in [0.5, 0.6) is 0 Å². The van der Waals surface area contributed by atoms with Gasteiger partial charge >= 0.3 is 5.97 Å². The minimum atomic E-state index is -0.850. The monoisotopic (exact) mass is 380 g/mol. The molecule has 0 bridgehead atoms. The van der Waals surface area contributed by atoms with E-state index < -0.39 is 12.1 Å². The summed E-state index contributed by atoms with van der Waals surface area (Å²) >= 11 is 0. The summed E-state index contributed by atoms with van der Waals surface area (Å²) in [5.74, 6) is -0.572. The van der Waals surface area contributed by atoms with Gasteiger partial charge in [-0.2, -0.15) is 0 Å². The summed E-state index contributed by atoms with van der Waals surface area (Å²) in [7, 11) is 0. The third-order valence-electron chi connectivity index (χ3n) is 4.37. The van der Waals surface area contributed by atoms with Crippen LogP contribution >= 0.6 is 0 Å². The number of ether oxygens (including phenoxy) is 1. The van der Waals surface area contributed by atoms with Crippen molar-refractivity contribution in [3.8, 4) is 0 Å². The molecule has 0 amide bonds. The summed E-state index contributed by atoms with van der Waals surface area (Å²) in [6.07, 6.45) is 25.8. The van der Waals surface area contributed by atoms with E-state index in [1.165, 1.54) is 76.7 Å². The van der Waals surface area contributed by atoms with E-state index in [-0.39, 0.29) is 13.2 Å². The Balaban J connectivity index is 3.47. The summed E-state index contributed by atoms with van der Waals surface area (Å²) in [5, 5.41) is 17.6. The highest BCUT2D eigenvalue weighted by Gasteiger charge is 2.08. The number of unbranched alkanes of at least 4 members (excludes halogenated alkanes) is 11. The van der Waals surface area contributed by atoms with Gasteiger partial charge in [0, 0.05) is 6.08 Å². The maximum absolute atomic E-state index is 11.3. The van der Waals surface area contributed by atoms with Crippen molar-refractivity contribution in [1.82, 2.24) is 0 Å². The standard InChI is InChI=1S/C23H40O4/c1-2-3-4-5-6-7-8-9-10-11-12-13-14-15-16-17-18-19-23(26)27-22(20-24)21-25/h14-19,22,24-25H,2-13,20-21H2,1H3/b15-14+,17-16+,19-18+. The van der Waals surface area contributed by atoms with E-state index in [9.17, 15) is 4.79 Å². The Labute approximate surface area is 166 Å². The van der Waals surface area contributed by atoms with Gasteiger partial charge in [0.05, 0.1) is 13.2 Å². The molecule has 0 aliphatic heterocycles. The summed E-state index contributed by atoms with van der Waals surface area (Å²) in [6, 6.07) is 0. The second-order valence-electron chi connectivity index (χ2n) is 6.92. The zero-order chi connectivity index (χ0) is 20.0. The van der Waals surface area contributed by atoms with E-state index in [2.05, 4.69) is 13.0 Å². The van der Waals surface area contributed by atoms with Crippen molar-refractivity contribution in [3.63, 3.8) is 0 Å². The van der Waals surface area contributed by atoms with Crippen molar-refractivity contribution in [2.24, 2.45) is 0 Å². The van der Waals surface area contributed by atoms with Gasteiger partial charge in [0.15, 0.2) is 0 Å². The number of allylic oxidation sites excluding steroid dienone is 5. The first-order valence-electron chi connectivity index (χ1n) is 10.7. The number of hydrogen-bond donors (Lipinski definition) is 2. The van der Waals surface area contributed by atoms with Crippen LogP contribution in [0.15, 0.2) is 36.5 Å². The van der Waals surface area contributed by atoms with Crippen LogP contribution < -0.4 is 0 Å². The third-order valence-corrected chi connectivity index (χ3v) is 4.37. The maximum atomic E-state index is 11.3. The van der Waals surface area contributed by atoms with Crippen molar-refractivity contribution in [1.29, 1.82) is 0 Å². The number of hydrogen-bond acceptors (Lipinski definition) is 4. The van der Waals surface area contributed by atoms with Crippen molar-refractivity contribution in [3.05, 3.63) is 36.5 Å². The third kappa shape index (κ3) is 19.2. The summed E-state index contributed by atoms with van der Waals surface area (Å²) < 4.78 is 4.80. The van der Waals surface area contributed by atoms with Crippen LogP contribution in [0.2, 0.25) is 0 Å². The minimum Gasteiger partial charge on any atom is -0.454 e.